The molecule has 4 atom stereocenters. The Kier molecular flexibility index (Phi) is 4.62. The molecule has 0 aromatic heterocycles. The van der Waals surface area contributed by atoms with E-state index in [9.17, 15) is 0 Å². The second kappa shape index (κ2) is 5.10. The van der Waals surface area contributed by atoms with Gasteiger partial charge in [-0.3, -0.25) is 0 Å². The minimum atomic E-state index is -0.606. The average molecular weight is 379 g/mol. The van der Waals surface area contributed by atoms with Crippen LogP contribution in [0.4, 0.5) is 0 Å². The third-order valence-electron chi connectivity index (χ3n) is 4.49. The minimum Gasteiger partial charge on any atom is -0.126 e. The number of hydrogen-bond acceptors (Lipinski definition) is 0. The van der Waals surface area contributed by atoms with Crippen LogP contribution in [0.5, 0.6) is 0 Å². The molecule has 2 bridgehead atoms. The first-order valence-corrected chi connectivity index (χ1v) is 8.53. The third kappa shape index (κ3) is 1.59. The molecule has 7 heteroatoms. The van der Waals surface area contributed by atoms with E-state index in [2.05, 4.69) is 0 Å². The zero-order valence-corrected chi connectivity index (χ0v) is 13.9. The second-order valence-corrected chi connectivity index (χ2v) is 7.57. The highest BCUT2D eigenvalue weighted by Crippen LogP contribution is 2.72. The Balaban J connectivity index is 2.60. The molecule has 0 radical (unpaired) electrons. The lowest BCUT2D eigenvalue weighted by atomic mass is 9.70. The molecule has 0 unspecified atom stereocenters. The molecule has 0 nitrogen and oxygen atoms in total. The van der Waals surface area contributed by atoms with Gasteiger partial charge < -0.3 is 0 Å². The SMILES string of the molecule is ClCC1(CCl)C2[C@H](Cl)[C@@H](Cl)C1(CCl)[C@H](Cl)[C@H]2Cl. The van der Waals surface area contributed by atoms with Gasteiger partial charge in [-0.2, -0.15) is 0 Å². The Morgan fingerprint density at radius 1 is 0.706 bits per heavy atom. The van der Waals surface area contributed by atoms with Crippen molar-refractivity contribution in [1.29, 1.82) is 0 Å². The van der Waals surface area contributed by atoms with Crippen LogP contribution in [0.15, 0.2) is 0 Å². The molecular formula is C10H11Cl7. The third-order valence-corrected chi connectivity index (χ3v) is 8.52. The molecule has 0 N–H and O–H groups in total. The quantitative estimate of drug-likeness (QED) is 0.621. The highest BCUT2D eigenvalue weighted by Gasteiger charge is 2.77. The largest absolute Gasteiger partial charge is 0.126 e. The summed E-state index contributed by atoms with van der Waals surface area (Å²) in [5.41, 5.74) is -1.10. The standard InChI is InChI=1S/C10H11Cl7/c11-1-9(2-12)4-5(14)7(16)10(9,3-13)8(17)6(4)15/h4-8H,1-3H2/t4?,5-,6-,7+,8+,10?/m0/s1. The van der Waals surface area contributed by atoms with Crippen LogP contribution in [-0.4, -0.2) is 39.1 Å². The van der Waals surface area contributed by atoms with Gasteiger partial charge in [-0.1, -0.05) is 0 Å². The lowest BCUT2D eigenvalue weighted by Crippen LogP contribution is -2.51. The van der Waals surface area contributed by atoms with Crippen molar-refractivity contribution in [3.63, 3.8) is 0 Å². The molecule has 0 heterocycles. The number of rotatable bonds is 3. The van der Waals surface area contributed by atoms with E-state index < -0.39 is 10.8 Å². The molecule has 2 aliphatic carbocycles. The fraction of sp³-hybridized carbons (Fsp3) is 1.00. The van der Waals surface area contributed by atoms with E-state index in [0.717, 1.165) is 0 Å². The summed E-state index contributed by atoms with van der Waals surface area (Å²) in [6.07, 6.45) is 0. The molecule has 2 aliphatic rings. The van der Waals surface area contributed by atoms with Gasteiger partial charge >= 0.3 is 0 Å². The number of fused-ring (bicyclic) bond motifs is 2. The van der Waals surface area contributed by atoms with Crippen molar-refractivity contribution < 1.29 is 0 Å². The average Bonchev–Trinajstić information content (AvgIpc) is 2.65. The molecule has 17 heavy (non-hydrogen) atoms. The summed E-state index contributed by atoms with van der Waals surface area (Å²) in [7, 11) is 0. The number of hydrogen-bond donors (Lipinski definition) is 0. The smallest absolute Gasteiger partial charge is 0.0591 e. The van der Waals surface area contributed by atoms with Crippen molar-refractivity contribution in [3.8, 4) is 0 Å². The van der Waals surface area contributed by atoms with E-state index in [1.807, 2.05) is 0 Å². The number of alkyl halides is 7. The van der Waals surface area contributed by atoms with Crippen molar-refractivity contribution in [2.24, 2.45) is 16.7 Å². The van der Waals surface area contributed by atoms with Crippen LogP contribution < -0.4 is 0 Å². The summed E-state index contributed by atoms with van der Waals surface area (Å²) in [6, 6.07) is 0. The van der Waals surface area contributed by atoms with Gasteiger partial charge in [-0.15, -0.1) is 81.2 Å². The summed E-state index contributed by atoms with van der Waals surface area (Å²) in [4.78, 5) is 0. The maximum Gasteiger partial charge on any atom is 0.0591 e. The predicted octanol–water partition coefficient (Wildman–Crippen LogP) is 4.75. The van der Waals surface area contributed by atoms with E-state index in [0.29, 0.717) is 11.8 Å². The van der Waals surface area contributed by atoms with Crippen molar-refractivity contribution in [1.82, 2.24) is 0 Å². The first-order chi connectivity index (χ1) is 7.94. The van der Waals surface area contributed by atoms with Crippen LogP contribution in [0, 0.1) is 16.7 Å². The molecule has 2 fully saturated rings. The van der Waals surface area contributed by atoms with E-state index in [1.54, 1.807) is 0 Å². The van der Waals surface area contributed by atoms with Gasteiger partial charge in [0.2, 0.25) is 0 Å². The summed E-state index contributed by atoms with van der Waals surface area (Å²) in [5, 5.41) is -1.32. The zero-order valence-electron chi connectivity index (χ0n) is 8.65. The minimum absolute atomic E-state index is 0.107. The molecule has 0 spiro atoms. The summed E-state index contributed by atoms with van der Waals surface area (Å²) < 4.78 is 0. The molecule has 0 aliphatic heterocycles. The lowest BCUT2D eigenvalue weighted by molar-refractivity contribution is 0.170. The van der Waals surface area contributed by atoms with Gasteiger partial charge in [0.1, 0.15) is 0 Å². The molecule has 0 aromatic carbocycles. The van der Waals surface area contributed by atoms with Gasteiger partial charge in [0.25, 0.3) is 0 Å². The Morgan fingerprint density at radius 3 is 1.35 bits per heavy atom. The van der Waals surface area contributed by atoms with E-state index in [1.165, 1.54) is 0 Å². The molecule has 0 aromatic rings. The number of halogens is 7. The fourth-order valence-electron chi connectivity index (χ4n) is 3.47. The highest BCUT2D eigenvalue weighted by molar-refractivity contribution is 6.38. The van der Waals surface area contributed by atoms with Crippen molar-refractivity contribution in [2.75, 3.05) is 17.6 Å². The van der Waals surface area contributed by atoms with Crippen molar-refractivity contribution in [3.05, 3.63) is 0 Å². The van der Waals surface area contributed by atoms with Gasteiger partial charge in [-0.05, 0) is 0 Å². The molecule has 100 valence electrons. The topological polar surface area (TPSA) is 0 Å². The van der Waals surface area contributed by atoms with Gasteiger partial charge in [-0.25, -0.2) is 0 Å². The van der Waals surface area contributed by atoms with Crippen LogP contribution in [0.3, 0.4) is 0 Å². The Bertz CT molecular complexity index is 287. The maximum atomic E-state index is 6.44. The highest BCUT2D eigenvalue weighted by atomic mass is 35.5. The molecule has 2 rings (SSSR count). The van der Waals surface area contributed by atoms with Gasteiger partial charge in [0.15, 0.2) is 0 Å². The van der Waals surface area contributed by atoms with Crippen LogP contribution in [0.1, 0.15) is 0 Å². The van der Waals surface area contributed by atoms with Crippen molar-refractivity contribution >= 4 is 81.2 Å². The first kappa shape index (κ1) is 15.4. The lowest BCUT2D eigenvalue weighted by Gasteiger charge is -2.43. The van der Waals surface area contributed by atoms with Gasteiger partial charge in [0, 0.05) is 34.4 Å². The van der Waals surface area contributed by atoms with Crippen LogP contribution >= 0.6 is 81.2 Å². The molecule has 0 saturated heterocycles. The van der Waals surface area contributed by atoms with Crippen LogP contribution in [0.25, 0.3) is 0 Å². The Morgan fingerprint density at radius 2 is 1.12 bits per heavy atom. The molecular weight excluding hydrogens is 368 g/mol. The molecule has 0 amide bonds. The first-order valence-electron chi connectivity index (χ1n) is 5.18. The van der Waals surface area contributed by atoms with E-state index >= 15 is 0 Å². The monoisotopic (exact) mass is 376 g/mol. The Hall–Kier alpha value is 2.03. The summed E-state index contributed by atoms with van der Waals surface area (Å²) in [6.45, 7) is 0. The summed E-state index contributed by atoms with van der Waals surface area (Å²) in [5.74, 6) is 0.779. The van der Waals surface area contributed by atoms with E-state index in [-0.39, 0.29) is 33.3 Å². The van der Waals surface area contributed by atoms with Crippen LogP contribution in [0.2, 0.25) is 0 Å². The van der Waals surface area contributed by atoms with Crippen LogP contribution in [-0.2, 0) is 0 Å². The van der Waals surface area contributed by atoms with Gasteiger partial charge in [0.05, 0.1) is 21.5 Å². The normalized spacial score (nSPS) is 52.1. The van der Waals surface area contributed by atoms with E-state index in [4.69, 9.17) is 81.2 Å². The maximum absolute atomic E-state index is 6.44. The summed E-state index contributed by atoms with van der Waals surface area (Å²) >= 11 is 44.1. The zero-order chi connectivity index (χ0) is 13.0. The van der Waals surface area contributed by atoms with Crippen molar-refractivity contribution in [2.45, 2.75) is 21.5 Å². The predicted molar refractivity (Wildman–Crippen MR) is 79.1 cm³/mol. The fourth-order valence-corrected chi connectivity index (χ4v) is 7.93. The molecule has 2 saturated carbocycles. The second-order valence-electron chi connectivity index (χ2n) is 4.82. The Labute approximate surface area is 136 Å².